The van der Waals surface area contributed by atoms with Gasteiger partial charge in [-0.15, -0.1) is 5.73 Å². The third kappa shape index (κ3) is 2.41. The molecule has 0 saturated carbocycles. The zero-order valence-corrected chi connectivity index (χ0v) is 7.89. The van der Waals surface area contributed by atoms with Crippen molar-refractivity contribution in [2.24, 2.45) is 0 Å². The van der Waals surface area contributed by atoms with Gasteiger partial charge in [0, 0.05) is 0 Å². The molecule has 1 aromatic rings. The predicted molar refractivity (Wildman–Crippen MR) is 54.0 cm³/mol. The topological polar surface area (TPSA) is 0 Å². The van der Waals surface area contributed by atoms with Crippen LogP contribution in [0, 0.1) is 6.92 Å². The first-order chi connectivity index (χ1) is 5.70. The molecule has 1 aromatic carbocycles. The highest BCUT2D eigenvalue weighted by Gasteiger charge is 1.88. The fourth-order valence-corrected chi connectivity index (χ4v) is 0.971. The molecule has 0 aliphatic heterocycles. The summed E-state index contributed by atoms with van der Waals surface area (Å²) in [6.07, 6.45) is 2.03. The Hall–Kier alpha value is -1.26. The highest BCUT2D eigenvalue weighted by Crippen LogP contribution is 2.08. The van der Waals surface area contributed by atoms with Crippen LogP contribution in [-0.4, -0.2) is 0 Å². The number of benzene rings is 1. The lowest BCUT2D eigenvalue weighted by Crippen LogP contribution is -1.76. The molecule has 0 aliphatic carbocycles. The Kier molecular flexibility index (Phi) is 2.90. The molecule has 0 N–H and O–H groups in total. The van der Waals surface area contributed by atoms with Crippen LogP contribution in [0.1, 0.15) is 25.0 Å². The van der Waals surface area contributed by atoms with Crippen molar-refractivity contribution < 1.29 is 0 Å². The Balaban J connectivity index is 3.05. The van der Waals surface area contributed by atoms with E-state index in [-0.39, 0.29) is 0 Å². The Morgan fingerprint density at radius 1 is 1.25 bits per heavy atom. The Morgan fingerprint density at radius 2 is 1.92 bits per heavy atom. The average molecular weight is 158 g/mol. The number of allylic oxidation sites excluding steroid dienone is 1. The van der Waals surface area contributed by atoms with E-state index in [4.69, 9.17) is 0 Å². The van der Waals surface area contributed by atoms with E-state index in [0.29, 0.717) is 0 Å². The second kappa shape index (κ2) is 3.94. The highest BCUT2D eigenvalue weighted by atomic mass is 13.9. The van der Waals surface area contributed by atoms with Gasteiger partial charge in [-0.1, -0.05) is 24.3 Å². The van der Waals surface area contributed by atoms with Gasteiger partial charge in [0.05, 0.1) is 0 Å². The lowest BCUT2D eigenvalue weighted by molar-refractivity contribution is 1.40. The fraction of sp³-hybridized carbons (Fsp3) is 0.250. The average Bonchev–Trinajstić information content (AvgIpc) is 2.03. The molecule has 12 heavy (non-hydrogen) atoms. The Labute approximate surface area is 74.2 Å². The zero-order valence-electron chi connectivity index (χ0n) is 7.89. The fourth-order valence-electron chi connectivity index (χ4n) is 0.971. The van der Waals surface area contributed by atoms with Gasteiger partial charge in [-0.05, 0) is 43.5 Å². The first kappa shape index (κ1) is 8.83. The zero-order chi connectivity index (χ0) is 8.97. The first-order valence-electron chi connectivity index (χ1n) is 4.15. The highest BCUT2D eigenvalue weighted by molar-refractivity contribution is 5.52. The van der Waals surface area contributed by atoms with Gasteiger partial charge in [-0.25, -0.2) is 0 Å². The summed E-state index contributed by atoms with van der Waals surface area (Å²) < 4.78 is 0. The van der Waals surface area contributed by atoms with Crippen LogP contribution in [0.2, 0.25) is 0 Å². The summed E-state index contributed by atoms with van der Waals surface area (Å²) in [5.74, 6) is 0. The van der Waals surface area contributed by atoms with Crippen molar-refractivity contribution in [3.63, 3.8) is 0 Å². The van der Waals surface area contributed by atoms with Crippen LogP contribution in [-0.2, 0) is 0 Å². The number of rotatable bonds is 1. The minimum absolute atomic E-state index is 1.21. The SMILES string of the molecule is CC(C)=C=Cc1ccccc1C. The molecule has 0 heterocycles. The first-order valence-corrected chi connectivity index (χ1v) is 4.15. The van der Waals surface area contributed by atoms with E-state index in [0.717, 1.165) is 0 Å². The third-order valence-corrected chi connectivity index (χ3v) is 1.70. The molecule has 0 aliphatic rings. The summed E-state index contributed by atoms with van der Waals surface area (Å²) in [6, 6.07) is 8.31. The summed E-state index contributed by atoms with van der Waals surface area (Å²) in [6.45, 7) is 6.21. The summed E-state index contributed by atoms with van der Waals surface area (Å²) in [5, 5.41) is 0. The number of hydrogen-bond acceptors (Lipinski definition) is 0. The molecule has 0 saturated heterocycles. The van der Waals surface area contributed by atoms with Crippen molar-refractivity contribution >= 4 is 6.08 Å². The van der Waals surface area contributed by atoms with Crippen molar-refractivity contribution in [2.45, 2.75) is 20.8 Å². The Morgan fingerprint density at radius 3 is 2.50 bits per heavy atom. The molecule has 0 aromatic heterocycles. The van der Waals surface area contributed by atoms with Gasteiger partial charge in [0.1, 0.15) is 0 Å². The van der Waals surface area contributed by atoms with E-state index in [1.165, 1.54) is 16.7 Å². The summed E-state index contributed by atoms with van der Waals surface area (Å²) in [4.78, 5) is 0. The van der Waals surface area contributed by atoms with Crippen molar-refractivity contribution in [1.29, 1.82) is 0 Å². The quantitative estimate of drug-likeness (QED) is 0.548. The second-order valence-electron chi connectivity index (χ2n) is 3.15. The van der Waals surface area contributed by atoms with Crippen molar-refractivity contribution in [2.75, 3.05) is 0 Å². The maximum absolute atomic E-state index is 3.19. The molecule has 62 valence electrons. The van der Waals surface area contributed by atoms with Gasteiger partial charge in [0.2, 0.25) is 0 Å². The van der Waals surface area contributed by atoms with Gasteiger partial charge < -0.3 is 0 Å². The number of aryl methyl sites for hydroxylation is 1. The van der Waals surface area contributed by atoms with Crippen LogP contribution < -0.4 is 0 Å². The monoisotopic (exact) mass is 158 g/mol. The summed E-state index contributed by atoms with van der Waals surface area (Å²) in [7, 11) is 0. The second-order valence-corrected chi connectivity index (χ2v) is 3.15. The third-order valence-electron chi connectivity index (χ3n) is 1.70. The number of hydrogen-bond donors (Lipinski definition) is 0. The molecule has 0 bridgehead atoms. The van der Waals surface area contributed by atoms with E-state index in [1.54, 1.807) is 0 Å². The lowest BCUT2D eigenvalue weighted by Gasteiger charge is -1.95. The van der Waals surface area contributed by atoms with Crippen LogP contribution in [0.3, 0.4) is 0 Å². The molecule has 0 unspecified atom stereocenters. The maximum atomic E-state index is 3.19. The normalized spacial score (nSPS) is 8.92. The maximum Gasteiger partial charge on any atom is -0.0125 e. The molecule has 1 rings (SSSR count). The summed E-state index contributed by atoms with van der Waals surface area (Å²) in [5.41, 5.74) is 6.95. The van der Waals surface area contributed by atoms with Crippen molar-refractivity contribution in [1.82, 2.24) is 0 Å². The lowest BCUT2D eigenvalue weighted by atomic mass is 10.1. The van der Waals surface area contributed by atoms with Gasteiger partial charge in [-0.2, -0.15) is 0 Å². The van der Waals surface area contributed by atoms with Crippen LogP contribution in [0.25, 0.3) is 6.08 Å². The van der Waals surface area contributed by atoms with Crippen LogP contribution in [0.5, 0.6) is 0 Å². The standard InChI is InChI=1S/C12H14/c1-10(2)8-9-12-7-5-4-6-11(12)3/h4-7,9H,1-3H3. The summed E-state index contributed by atoms with van der Waals surface area (Å²) >= 11 is 0. The molecular weight excluding hydrogens is 144 g/mol. The molecular formula is C12H14. The van der Waals surface area contributed by atoms with E-state index >= 15 is 0 Å². The molecule has 0 nitrogen and oxygen atoms in total. The van der Waals surface area contributed by atoms with E-state index in [2.05, 4.69) is 44.7 Å². The van der Waals surface area contributed by atoms with Crippen molar-refractivity contribution in [3.05, 3.63) is 46.7 Å². The van der Waals surface area contributed by atoms with E-state index < -0.39 is 0 Å². The van der Waals surface area contributed by atoms with Crippen LogP contribution >= 0.6 is 0 Å². The van der Waals surface area contributed by atoms with Crippen LogP contribution in [0.15, 0.2) is 35.6 Å². The predicted octanol–water partition coefficient (Wildman–Crippen LogP) is 3.57. The molecule has 0 radical (unpaired) electrons. The van der Waals surface area contributed by atoms with Gasteiger partial charge >= 0.3 is 0 Å². The van der Waals surface area contributed by atoms with E-state index in [1.807, 2.05) is 12.1 Å². The van der Waals surface area contributed by atoms with Crippen molar-refractivity contribution in [3.8, 4) is 0 Å². The molecule has 0 heteroatoms. The molecule has 0 atom stereocenters. The molecule has 0 spiro atoms. The largest absolute Gasteiger partial charge is 0.122 e. The minimum Gasteiger partial charge on any atom is -0.122 e. The minimum atomic E-state index is 1.21. The molecule has 0 fully saturated rings. The smallest absolute Gasteiger partial charge is 0.0125 e. The van der Waals surface area contributed by atoms with E-state index in [9.17, 15) is 0 Å². The van der Waals surface area contributed by atoms with Gasteiger partial charge in [0.25, 0.3) is 0 Å². The molecule has 0 amide bonds. The Bertz CT molecular complexity index is 322. The van der Waals surface area contributed by atoms with Gasteiger partial charge in [-0.3, -0.25) is 0 Å². The van der Waals surface area contributed by atoms with Crippen LogP contribution in [0.4, 0.5) is 0 Å². The van der Waals surface area contributed by atoms with Gasteiger partial charge in [0.15, 0.2) is 0 Å².